The number of benzene rings is 1. The number of aryl methyl sites for hydroxylation is 1. The highest BCUT2D eigenvalue weighted by molar-refractivity contribution is 7.91. The van der Waals surface area contributed by atoms with Crippen LogP contribution >= 0.6 is 0 Å². The van der Waals surface area contributed by atoms with E-state index in [1.54, 1.807) is 25.3 Å². The highest BCUT2D eigenvalue weighted by Gasteiger charge is 2.23. The molecule has 0 bridgehead atoms. The lowest BCUT2D eigenvalue weighted by Gasteiger charge is -2.22. The summed E-state index contributed by atoms with van der Waals surface area (Å²) in [5, 5.41) is 3.25. The zero-order chi connectivity index (χ0) is 13.9. The molecule has 1 aromatic carbocycles. The minimum Gasteiger partial charge on any atom is -0.496 e. The molecule has 1 aliphatic rings. The van der Waals surface area contributed by atoms with Crippen LogP contribution in [0.5, 0.6) is 5.75 Å². The molecule has 1 atom stereocenters. The molecule has 0 saturated carbocycles. The molecule has 5 heteroatoms. The topological polar surface area (TPSA) is 55.4 Å². The Morgan fingerprint density at radius 2 is 2.21 bits per heavy atom. The zero-order valence-corrected chi connectivity index (χ0v) is 12.3. The number of hydrogen-bond acceptors (Lipinski definition) is 4. The van der Waals surface area contributed by atoms with Crippen LogP contribution < -0.4 is 10.1 Å². The summed E-state index contributed by atoms with van der Waals surface area (Å²) in [5.41, 5.74) is 0.852. The predicted octanol–water partition coefficient (Wildman–Crippen LogP) is 1.78. The van der Waals surface area contributed by atoms with Crippen LogP contribution in [0.2, 0.25) is 0 Å². The first kappa shape index (κ1) is 14.3. The molecule has 0 aromatic heterocycles. The fraction of sp³-hybridized carbons (Fsp3) is 0.571. The van der Waals surface area contributed by atoms with Crippen LogP contribution in [0.25, 0.3) is 0 Å². The average Bonchev–Trinajstić information content (AvgIpc) is 2.39. The van der Waals surface area contributed by atoms with Gasteiger partial charge in [0.15, 0.2) is 9.84 Å². The Balaban J connectivity index is 2.16. The van der Waals surface area contributed by atoms with Gasteiger partial charge in [-0.3, -0.25) is 0 Å². The zero-order valence-electron chi connectivity index (χ0n) is 11.5. The summed E-state index contributed by atoms with van der Waals surface area (Å²) in [6, 6.07) is 5.06. The van der Waals surface area contributed by atoms with Gasteiger partial charge in [0.05, 0.1) is 17.8 Å². The number of nitrogens with one attached hydrogen (secondary N) is 1. The highest BCUT2D eigenvalue weighted by Crippen LogP contribution is 2.24. The summed E-state index contributed by atoms with van der Waals surface area (Å²) in [4.78, 5) is 0.399. The smallest absolute Gasteiger partial charge is 0.178 e. The van der Waals surface area contributed by atoms with E-state index in [9.17, 15) is 8.42 Å². The largest absolute Gasteiger partial charge is 0.496 e. The van der Waals surface area contributed by atoms with E-state index < -0.39 is 9.84 Å². The predicted molar refractivity (Wildman–Crippen MR) is 75.4 cm³/mol. The Bertz CT molecular complexity index is 534. The molecule has 2 rings (SSSR count). The first-order valence-electron chi connectivity index (χ1n) is 6.61. The van der Waals surface area contributed by atoms with Crippen LogP contribution in [0, 0.1) is 12.8 Å². The number of sulfone groups is 1. The SMILES string of the molecule is COc1ccc(S(=O)(=O)CC2CCCNC2)cc1C. The van der Waals surface area contributed by atoms with E-state index in [0.717, 1.165) is 37.2 Å². The van der Waals surface area contributed by atoms with E-state index in [2.05, 4.69) is 5.32 Å². The summed E-state index contributed by atoms with van der Waals surface area (Å²) in [6.07, 6.45) is 2.04. The fourth-order valence-corrected chi connectivity index (χ4v) is 4.25. The third kappa shape index (κ3) is 3.48. The Morgan fingerprint density at radius 3 is 2.79 bits per heavy atom. The molecule has 1 unspecified atom stereocenters. The third-order valence-electron chi connectivity index (χ3n) is 3.58. The van der Waals surface area contributed by atoms with Gasteiger partial charge in [0, 0.05) is 0 Å². The molecule has 106 valence electrons. The van der Waals surface area contributed by atoms with Crippen molar-refractivity contribution in [3.63, 3.8) is 0 Å². The van der Waals surface area contributed by atoms with Crippen molar-refractivity contribution >= 4 is 9.84 Å². The van der Waals surface area contributed by atoms with Crippen molar-refractivity contribution < 1.29 is 13.2 Å². The highest BCUT2D eigenvalue weighted by atomic mass is 32.2. The van der Waals surface area contributed by atoms with Crippen molar-refractivity contribution in [3.05, 3.63) is 23.8 Å². The van der Waals surface area contributed by atoms with Crippen LogP contribution in [-0.2, 0) is 9.84 Å². The van der Waals surface area contributed by atoms with Crippen LogP contribution in [0.1, 0.15) is 18.4 Å². The monoisotopic (exact) mass is 283 g/mol. The maximum absolute atomic E-state index is 12.4. The molecule has 1 fully saturated rings. The summed E-state index contributed by atoms with van der Waals surface area (Å²) < 4.78 is 29.9. The molecule has 4 nitrogen and oxygen atoms in total. The van der Waals surface area contributed by atoms with Gasteiger partial charge in [0.1, 0.15) is 5.75 Å². The van der Waals surface area contributed by atoms with Gasteiger partial charge in [-0.05, 0) is 62.5 Å². The second-order valence-electron chi connectivity index (χ2n) is 5.13. The number of rotatable bonds is 4. The van der Waals surface area contributed by atoms with Gasteiger partial charge in [0.25, 0.3) is 0 Å². The molecule has 1 heterocycles. The minimum absolute atomic E-state index is 0.223. The lowest BCUT2D eigenvalue weighted by atomic mass is 10.0. The van der Waals surface area contributed by atoms with Gasteiger partial charge >= 0.3 is 0 Å². The first-order chi connectivity index (χ1) is 9.03. The summed E-state index contributed by atoms with van der Waals surface area (Å²) in [5.74, 6) is 1.17. The minimum atomic E-state index is -3.20. The quantitative estimate of drug-likeness (QED) is 0.915. The Labute approximate surface area is 115 Å². The number of hydrogen-bond donors (Lipinski definition) is 1. The number of methoxy groups -OCH3 is 1. The van der Waals surface area contributed by atoms with Crippen molar-refractivity contribution in [2.45, 2.75) is 24.7 Å². The molecule has 0 spiro atoms. The van der Waals surface area contributed by atoms with Crippen molar-refractivity contribution in [2.75, 3.05) is 26.0 Å². The van der Waals surface area contributed by atoms with E-state index in [0.29, 0.717) is 4.90 Å². The summed E-state index contributed by atoms with van der Waals surface area (Å²) in [7, 11) is -1.62. The van der Waals surface area contributed by atoms with Crippen LogP contribution in [0.4, 0.5) is 0 Å². The molecular formula is C14H21NO3S. The average molecular weight is 283 g/mol. The standard InChI is InChI=1S/C14H21NO3S/c1-11-8-13(5-6-14(11)18-2)19(16,17)10-12-4-3-7-15-9-12/h5-6,8,12,15H,3-4,7,9-10H2,1-2H3. The van der Waals surface area contributed by atoms with Gasteiger partial charge in [-0.15, -0.1) is 0 Å². The number of piperidine rings is 1. The lowest BCUT2D eigenvalue weighted by Crippen LogP contribution is -2.33. The lowest BCUT2D eigenvalue weighted by molar-refractivity contribution is 0.403. The molecule has 0 amide bonds. The van der Waals surface area contributed by atoms with Crippen LogP contribution in [0.15, 0.2) is 23.1 Å². The molecule has 0 aliphatic carbocycles. The van der Waals surface area contributed by atoms with E-state index in [1.165, 1.54) is 0 Å². The van der Waals surface area contributed by atoms with Crippen molar-refractivity contribution in [3.8, 4) is 5.75 Å². The Morgan fingerprint density at radius 1 is 1.42 bits per heavy atom. The van der Waals surface area contributed by atoms with Crippen molar-refractivity contribution in [1.82, 2.24) is 5.32 Å². The molecule has 19 heavy (non-hydrogen) atoms. The summed E-state index contributed by atoms with van der Waals surface area (Å²) >= 11 is 0. The van der Waals surface area contributed by atoms with Gasteiger partial charge in [-0.2, -0.15) is 0 Å². The Hall–Kier alpha value is -1.07. The number of ether oxygens (including phenoxy) is 1. The van der Waals surface area contributed by atoms with Gasteiger partial charge in [0.2, 0.25) is 0 Å². The normalized spacial score (nSPS) is 20.2. The molecule has 1 saturated heterocycles. The summed E-state index contributed by atoms with van der Waals surface area (Å²) in [6.45, 7) is 3.66. The van der Waals surface area contributed by atoms with Crippen molar-refractivity contribution in [2.24, 2.45) is 5.92 Å². The molecule has 1 N–H and O–H groups in total. The van der Waals surface area contributed by atoms with Crippen LogP contribution in [-0.4, -0.2) is 34.4 Å². The third-order valence-corrected chi connectivity index (χ3v) is 5.46. The van der Waals surface area contributed by atoms with Crippen LogP contribution in [0.3, 0.4) is 0 Å². The van der Waals surface area contributed by atoms with E-state index >= 15 is 0 Å². The first-order valence-corrected chi connectivity index (χ1v) is 8.26. The van der Waals surface area contributed by atoms with E-state index in [-0.39, 0.29) is 11.7 Å². The van der Waals surface area contributed by atoms with E-state index in [4.69, 9.17) is 4.74 Å². The maximum Gasteiger partial charge on any atom is 0.178 e. The van der Waals surface area contributed by atoms with Gasteiger partial charge < -0.3 is 10.1 Å². The molecule has 0 radical (unpaired) electrons. The maximum atomic E-state index is 12.4. The molecule has 1 aromatic rings. The molecule has 1 aliphatic heterocycles. The fourth-order valence-electron chi connectivity index (χ4n) is 2.52. The Kier molecular flexibility index (Phi) is 4.47. The van der Waals surface area contributed by atoms with E-state index in [1.807, 2.05) is 6.92 Å². The van der Waals surface area contributed by atoms with Crippen molar-refractivity contribution in [1.29, 1.82) is 0 Å². The molecular weight excluding hydrogens is 262 g/mol. The second-order valence-corrected chi connectivity index (χ2v) is 7.16. The van der Waals surface area contributed by atoms with Gasteiger partial charge in [-0.25, -0.2) is 8.42 Å². The van der Waals surface area contributed by atoms with Gasteiger partial charge in [-0.1, -0.05) is 0 Å². The second kappa shape index (κ2) is 5.92.